The molecule has 0 saturated carbocycles. The summed E-state index contributed by atoms with van der Waals surface area (Å²) < 4.78 is 0.506. The molecule has 0 unspecified atom stereocenters. The first-order valence-electron chi connectivity index (χ1n) is 6.11. The Morgan fingerprint density at radius 1 is 1.25 bits per heavy atom. The van der Waals surface area contributed by atoms with E-state index in [4.69, 9.17) is 12.2 Å². The van der Waals surface area contributed by atoms with Gasteiger partial charge in [-0.1, -0.05) is 78.7 Å². The molecule has 0 aromatic carbocycles. The number of thiocarbonyl (C=S) groups is 1. The summed E-state index contributed by atoms with van der Waals surface area (Å²) in [5.74, 6) is -0.132. The van der Waals surface area contributed by atoms with Gasteiger partial charge in [0.25, 0.3) is 5.91 Å². The molecule has 1 aliphatic rings. The van der Waals surface area contributed by atoms with Crippen LogP contribution in [0, 0.1) is 0 Å². The van der Waals surface area contributed by atoms with Crippen LogP contribution in [0.5, 0.6) is 0 Å². The number of hydrogen-bond donors (Lipinski definition) is 1. The molecule has 0 aliphatic carbocycles. The normalized spacial score (nSPS) is 18.9. The number of rotatable bonds is 5. The molecule has 1 heterocycles. The summed E-state index contributed by atoms with van der Waals surface area (Å²) in [5, 5.41) is 2.57. The maximum atomic E-state index is 11.4. The van der Waals surface area contributed by atoms with Crippen molar-refractivity contribution < 1.29 is 4.79 Å². The number of allylic oxidation sites excluding steroid dienone is 10. The first-order chi connectivity index (χ1) is 9.52. The zero-order valence-corrected chi connectivity index (χ0v) is 13.2. The third kappa shape index (κ3) is 5.99. The van der Waals surface area contributed by atoms with E-state index < -0.39 is 0 Å². The lowest BCUT2D eigenvalue weighted by Gasteiger charge is -1.91. The highest BCUT2D eigenvalue weighted by Crippen LogP contribution is 2.22. The molecule has 0 bridgehead atoms. The Bertz CT molecular complexity index is 563. The lowest BCUT2D eigenvalue weighted by Crippen LogP contribution is -2.17. The molecular formula is C16H17NOS2. The number of thioether (sulfide) groups is 1. The molecule has 20 heavy (non-hydrogen) atoms. The largest absolute Gasteiger partial charge is 0.307 e. The van der Waals surface area contributed by atoms with E-state index in [9.17, 15) is 4.79 Å². The van der Waals surface area contributed by atoms with E-state index in [2.05, 4.69) is 11.9 Å². The van der Waals surface area contributed by atoms with Crippen LogP contribution in [0.15, 0.2) is 71.2 Å². The second-order valence-electron chi connectivity index (χ2n) is 4.09. The SMILES string of the molecule is C=C(C)\C=C/C(=C\C)/C=C/C=C/C=C1\SC(=S)NC1=O. The molecule has 0 aromatic rings. The first-order valence-corrected chi connectivity index (χ1v) is 7.33. The monoisotopic (exact) mass is 303 g/mol. The van der Waals surface area contributed by atoms with E-state index in [1.807, 2.05) is 56.4 Å². The average Bonchev–Trinajstić information content (AvgIpc) is 2.71. The Morgan fingerprint density at radius 2 is 2.00 bits per heavy atom. The summed E-state index contributed by atoms with van der Waals surface area (Å²) in [6.45, 7) is 7.75. The van der Waals surface area contributed by atoms with E-state index in [-0.39, 0.29) is 5.91 Å². The number of hydrogen-bond acceptors (Lipinski definition) is 3. The Balaban J connectivity index is 2.58. The first kappa shape index (κ1) is 16.4. The van der Waals surface area contributed by atoms with Crippen LogP contribution in [0.25, 0.3) is 0 Å². The minimum Gasteiger partial charge on any atom is -0.307 e. The zero-order chi connectivity index (χ0) is 15.0. The van der Waals surface area contributed by atoms with Gasteiger partial charge in [-0.3, -0.25) is 4.79 Å². The third-order valence-corrected chi connectivity index (χ3v) is 3.48. The summed E-state index contributed by atoms with van der Waals surface area (Å²) in [5.41, 5.74) is 2.11. The molecule has 1 amide bonds. The highest BCUT2D eigenvalue weighted by atomic mass is 32.2. The zero-order valence-electron chi connectivity index (χ0n) is 11.6. The molecular weight excluding hydrogens is 286 g/mol. The molecule has 0 radical (unpaired) electrons. The van der Waals surface area contributed by atoms with Crippen LogP contribution in [0.3, 0.4) is 0 Å². The van der Waals surface area contributed by atoms with Gasteiger partial charge in [0.15, 0.2) is 0 Å². The van der Waals surface area contributed by atoms with Gasteiger partial charge in [-0.2, -0.15) is 0 Å². The molecule has 0 spiro atoms. The van der Waals surface area contributed by atoms with Crippen molar-refractivity contribution in [1.82, 2.24) is 5.32 Å². The second kappa shape index (κ2) is 8.51. The molecule has 4 heteroatoms. The molecule has 1 N–H and O–H groups in total. The van der Waals surface area contributed by atoms with Crippen LogP contribution < -0.4 is 5.32 Å². The van der Waals surface area contributed by atoms with Gasteiger partial charge in [-0.25, -0.2) is 0 Å². The van der Waals surface area contributed by atoms with Crippen LogP contribution in [0.4, 0.5) is 0 Å². The Morgan fingerprint density at radius 3 is 2.55 bits per heavy atom. The van der Waals surface area contributed by atoms with E-state index in [0.717, 1.165) is 11.1 Å². The summed E-state index contributed by atoms with van der Waals surface area (Å²) in [6, 6.07) is 0. The summed E-state index contributed by atoms with van der Waals surface area (Å²) in [7, 11) is 0. The van der Waals surface area contributed by atoms with E-state index in [0.29, 0.717) is 9.23 Å². The van der Waals surface area contributed by atoms with Crippen LogP contribution in [0.1, 0.15) is 13.8 Å². The predicted octanol–water partition coefficient (Wildman–Crippen LogP) is 4.21. The van der Waals surface area contributed by atoms with Crippen molar-refractivity contribution in [3.8, 4) is 0 Å². The number of carbonyl (C=O) groups is 1. The van der Waals surface area contributed by atoms with Gasteiger partial charge in [-0.15, -0.1) is 0 Å². The molecule has 0 aromatic heterocycles. The van der Waals surface area contributed by atoms with Gasteiger partial charge < -0.3 is 5.32 Å². The van der Waals surface area contributed by atoms with Gasteiger partial charge in [0, 0.05) is 0 Å². The molecule has 1 fully saturated rings. The number of amides is 1. The standard InChI is InChI=1S/C16H17NOS2/c1-4-13(11-10-12(2)3)8-6-5-7-9-14-15(18)17-16(19)20-14/h4-11H,2H2,1,3H3,(H,17,18,19)/b7-5+,8-6+,11-10-,13-4-,14-9-. The summed E-state index contributed by atoms with van der Waals surface area (Å²) in [6.07, 6.45) is 15.3. The minimum atomic E-state index is -0.132. The Hall–Kier alpha value is -1.65. The van der Waals surface area contributed by atoms with Gasteiger partial charge >= 0.3 is 0 Å². The fraction of sp³-hybridized carbons (Fsp3) is 0.125. The Labute approximate surface area is 129 Å². The van der Waals surface area contributed by atoms with E-state index in [1.165, 1.54) is 11.8 Å². The topological polar surface area (TPSA) is 29.1 Å². The molecule has 0 atom stereocenters. The summed E-state index contributed by atoms with van der Waals surface area (Å²) >= 11 is 6.18. The third-order valence-electron chi connectivity index (χ3n) is 2.29. The van der Waals surface area contributed by atoms with Crippen LogP contribution in [-0.4, -0.2) is 10.2 Å². The number of carbonyl (C=O) groups excluding carboxylic acids is 1. The quantitative estimate of drug-likeness (QED) is 0.468. The lowest BCUT2D eigenvalue weighted by atomic mass is 10.2. The fourth-order valence-corrected chi connectivity index (χ4v) is 2.29. The van der Waals surface area contributed by atoms with Crippen LogP contribution >= 0.6 is 24.0 Å². The molecule has 1 rings (SSSR count). The van der Waals surface area contributed by atoms with Crippen molar-refractivity contribution in [2.75, 3.05) is 0 Å². The maximum absolute atomic E-state index is 11.4. The van der Waals surface area contributed by atoms with Gasteiger partial charge in [-0.05, 0) is 25.5 Å². The van der Waals surface area contributed by atoms with Crippen molar-refractivity contribution in [2.45, 2.75) is 13.8 Å². The van der Waals surface area contributed by atoms with E-state index >= 15 is 0 Å². The highest BCUT2D eigenvalue weighted by Gasteiger charge is 2.20. The molecule has 2 nitrogen and oxygen atoms in total. The maximum Gasteiger partial charge on any atom is 0.263 e. The smallest absolute Gasteiger partial charge is 0.263 e. The average molecular weight is 303 g/mol. The number of nitrogens with one attached hydrogen (secondary N) is 1. The van der Waals surface area contributed by atoms with Gasteiger partial charge in [0.05, 0.1) is 4.91 Å². The van der Waals surface area contributed by atoms with Crippen LogP contribution in [-0.2, 0) is 4.79 Å². The summed E-state index contributed by atoms with van der Waals surface area (Å²) in [4.78, 5) is 12.0. The van der Waals surface area contributed by atoms with Crippen molar-refractivity contribution >= 4 is 34.2 Å². The van der Waals surface area contributed by atoms with Crippen molar-refractivity contribution in [1.29, 1.82) is 0 Å². The molecule has 1 aliphatic heterocycles. The molecule has 1 saturated heterocycles. The second-order valence-corrected chi connectivity index (χ2v) is 5.81. The van der Waals surface area contributed by atoms with Crippen molar-refractivity contribution in [2.24, 2.45) is 0 Å². The van der Waals surface area contributed by atoms with Crippen molar-refractivity contribution in [3.63, 3.8) is 0 Å². The van der Waals surface area contributed by atoms with Gasteiger partial charge in [0.2, 0.25) is 0 Å². The van der Waals surface area contributed by atoms with Gasteiger partial charge in [0.1, 0.15) is 4.32 Å². The van der Waals surface area contributed by atoms with Crippen molar-refractivity contribution in [3.05, 3.63) is 71.2 Å². The molecule has 104 valence electrons. The highest BCUT2D eigenvalue weighted by molar-refractivity contribution is 8.26. The fourth-order valence-electron chi connectivity index (χ4n) is 1.30. The Kier molecular flexibility index (Phi) is 6.98. The van der Waals surface area contributed by atoms with Crippen LogP contribution in [0.2, 0.25) is 0 Å². The predicted molar refractivity (Wildman–Crippen MR) is 92.4 cm³/mol. The minimum absolute atomic E-state index is 0.132. The lowest BCUT2D eigenvalue weighted by molar-refractivity contribution is -0.115. The van der Waals surface area contributed by atoms with E-state index in [1.54, 1.807) is 6.08 Å².